The zero-order valence-electron chi connectivity index (χ0n) is 17.5. The molecule has 0 fully saturated rings. The van der Waals surface area contributed by atoms with Crippen LogP contribution in [0.15, 0.2) is 45.5 Å². The number of rotatable bonds is 4. The van der Waals surface area contributed by atoms with Crippen molar-refractivity contribution in [1.82, 2.24) is 30.1 Å². The Morgan fingerprint density at radius 2 is 2.00 bits per heavy atom. The number of pyridine rings is 2. The van der Waals surface area contributed by atoms with Gasteiger partial charge in [-0.05, 0) is 52.0 Å². The molecule has 156 valence electrons. The van der Waals surface area contributed by atoms with E-state index in [4.69, 9.17) is 8.94 Å². The largest absolute Gasteiger partial charge is 0.466 e. The number of furan rings is 1. The maximum atomic E-state index is 13.3. The Balaban J connectivity index is 1.56. The van der Waals surface area contributed by atoms with Crippen LogP contribution >= 0.6 is 0 Å². The number of aryl methyl sites for hydroxylation is 3. The number of hydrogen-bond donors (Lipinski definition) is 1. The maximum Gasteiger partial charge on any atom is 0.259 e. The molecule has 9 nitrogen and oxygen atoms in total. The van der Waals surface area contributed by atoms with E-state index in [1.807, 2.05) is 55.6 Å². The van der Waals surface area contributed by atoms with Crippen LogP contribution < -0.4 is 5.32 Å². The highest BCUT2D eigenvalue weighted by Crippen LogP contribution is 2.30. The first-order chi connectivity index (χ1) is 14.9. The molecule has 0 spiro atoms. The fraction of sp³-hybridized carbons (Fsp3) is 0.227. The summed E-state index contributed by atoms with van der Waals surface area (Å²) >= 11 is 0. The van der Waals surface area contributed by atoms with Gasteiger partial charge in [0.25, 0.3) is 11.6 Å². The number of carbonyl (C=O) groups is 1. The average molecular weight is 416 g/mol. The van der Waals surface area contributed by atoms with Crippen LogP contribution in [0.1, 0.15) is 46.4 Å². The van der Waals surface area contributed by atoms with Crippen LogP contribution in [0, 0.1) is 20.8 Å². The van der Waals surface area contributed by atoms with Crippen molar-refractivity contribution in [2.75, 3.05) is 0 Å². The second-order valence-corrected chi connectivity index (χ2v) is 7.51. The number of nitrogens with one attached hydrogen (secondary N) is 1. The fourth-order valence-electron chi connectivity index (χ4n) is 3.79. The van der Waals surface area contributed by atoms with Crippen molar-refractivity contribution in [1.29, 1.82) is 0 Å². The molecule has 1 amide bonds. The lowest BCUT2D eigenvalue weighted by Crippen LogP contribution is -2.28. The second kappa shape index (κ2) is 7.05. The summed E-state index contributed by atoms with van der Waals surface area (Å²) in [4.78, 5) is 17.9. The Kier molecular flexibility index (Phi) is 4.32. The Morgan fingerprint density at radius 1 is 1.16 bits per heavy atom. The molecular weight excluding hydrogens is 396 g/mol. The standard InChI is InChI=1S/C22H20N6O3/c1-11-9-15(14(4)30-11)17-10-16(19-12(2)27-31-22(19)24-17)21(29)23-13(3)20-26-25-18-7-5-6-8-28(18)20/h5-10,13H,1-4H3,(H,23,29). The maximum absolute atomic E-state index is 13.3. The van der Waals surface area contributed by atoms with Gasteiger partial charge in [-0.25, -0.2) is 4.98 Å². The van der Waals surface area contributed by atoms with Gasteiger partial charge in [0.2, 0.25) is 0 Å². The minimum absolute atomic E-state index is 0.280. The number of hydrogen-bond acceptors (Lipinski definition) is 7. The lowest BCUT2D eigenvalue weighted by molar-refractivity contribution is 0.0939. The number of amides is 1. The molecule has 0 radical (unpaired) electrons. The molecule has 0 aliphatic rings. The Morgan fingerprint density at radius 3 is 2.77 bits per heavy atom. The van der Waals surface area contributed by atoms with Crippen LogP contribution in [0.25, 0.3) is 28.0 Å². The van der Waals surface area contributed by atoms with E-state index >= 15 is 0 Å². The summed E-state index contributed by atoms with van der Waals surface area (Å²) < 4.78 is 12.9. The number of fused-ring (bicyclic) bond motifs is 2. The highest BCUT2D eigenvalue weighted by molar-refractivity contribution is 6.07. The van der Waals surface area contributed by atoms with Crippen molar-refractivity contribution >= 4 is 22.7 Å². The van der Waals surface area contributed by atoms with Crippen LogP contribution in [0.4, 0.5) is 0 Å². The van der Waals surface area contributed by atoms with E-state index in [1.165, 1.54) is 0 Å². The molecule has 0 saturated heterocycles. The SMILES string of the molecule is Cc1cc(-c2cc(C(=O)NC(C)c3nnc4ccccn34)c3c(C)noc3n2)c(C)o1. The summed E-state index contributed by atoms with van der Waals surface area (Å²) in [7, 11) is 0. The average Bonchev–Trinajstić information content (AvgIpc) is 3.44. The van der Waals surface area contributed by atoms with Crippen molar-refractivity contribution in [2.45, 2.75) is 33.7 Å². The zero-order chi connectivity index (χ0) is 21.7. The van der Waals surface area contributed by atoms with Crippen LogP contribution in [0.2, 0.25) is 0 Å². The Labute approximate surface area is 177 Å². The first-order valence-corrected chi connectivity index (χ1v) is 9.87. The second-order valence-electron chi connectivity index (χ2n) is 7.51. The predicted molar refractivity (Wildman–Crippen MR) is 113 cm³/mol. The van der Waals surface area contributed by atoms with Crippen LogP contribution in [0.3, 0.4) is 0 Å². The van der Waals surface area contributed by atoms with Crippen LogP contribution in [-0.2, 0) is 0 Å². The van der Waals surface area contributed by atoms with E-state index in [1.54, 1.807) is 13.0 Å². The molecule has 0 aromatic carbocycles. The molecule has 0 bridgehead atoms. The topological polar surface area (TPSA) is 111 Å². The van der Waals surface area contributed by atoms with Crippen molar-refractivity contribution in [3.05, 3.63) is 65.1 Å². The molecule has 0 saturated carbocycles. The summed E-state index contributed by atoms with van der Waals surface area (Å²) in [5.74, 6) is 1.84. The van der Waals surface area contributed by atoms with Gasteiger partial charge in [0, 0.05) is 11.8 Å². The molecular formula is C22H20N6O3. The van der Waals surface area contributed by atoms with Crippen molar-refractivity contribution in [3.63, 3.8) is 0 Å². The van der Waals surface area contributed by atoms with E-state index in [2.05, 4.69) is 25.7 Å². The smallest absolute Gasteiger partial charge is 0.259 e. The lowest BCUT2D eigenvalue weighted by Gasteiger charge is -2.13. The molecule has 0 aliphatic heterocycles. The molecule has 31 heavy (non-hydrogen) atoms. The van der Waals surface area contributed by atoms with Gasteiger partial charge in [-0.3, -0.25) is 9.20 Å². The molecule has 5 heterocycles. The zero-order valence-corrected chi connectivity index (χ0v) is 17.5. The minimum atomic E-state index is -0.380. The fourth-order valence-corrected chi connectivity index (χ4v) is 3.79. The van der Waals surface area contributed by atoms with Gasteiger partial charge in [-0.1, -0.05) is 11.2 Å². The van der Waals surface area contributed by atoms with Crippen molar-refractivity contribution in [3.8, 4) is 11.3 Å². The van der Waals surface area contributed by atoms with Crippen LogP contribution in [-0.4, -0.2) is 30.6 Å². The molecule has 1 unspecified atom stereocenters. The molecule has 9 heteroatoms. The summed E-state index contributed by atoms with van der Waals surface area (Å²) in [6.45, 7) is 7.38. The quantitative estimate of drug-likeness (QED) is 0.472. The van der Waals surface area contributed by atoms with E-state index in [0.29, 0.717) is 39.5 Å². The lowest BCUT2D eigenvalue weighted by atomic mass is 10.0. The molecule has 1 atom stereocenters. The van der Waals surface area contributed by atoms with E-state index in [9.17, 15) is 4.79 Å². The summed E-state index contributed by atoms with van der Waals surface area (Å²) in [6.07, 6.45) is 1.87. The first kappa shape index (κ1) is 19.0. The van der Waals surface area contributed by atoms with Gasteiger partial charge < -0.3 is 14.3 Å². The van der Waals surface area contributed by atoms with Gasteiger partial charge in [0.15, 0.2) is 11.5 Å². The summed E-state index contributed by atoms with van der Waals surface area (Å²) in [6, 6.07) is 8.89. The van der Waals surface area contributed by atoms with Gasteiger partial charge in [-0.2, -0.15) is 0 Å². The van der Waals surface area contributed by atoms with Gasteiger partial charge in [-0.15, -0.1) is 10.2 Å². The molecule has 5 aromatic heterocycles. The van der Waals surface area contributed by atoms with E-state index < -0.39 is 0 Å². The van der Waals surface area contributed by atoms with Gasteiger partial charge in [0.1, 0.15) is 11.5 Å². The Bertz CT molecular complexity index is 1440. The third-order valence-corrected chi connectivity index (χ3v) is 5.25. The molecule has 5 aromatic rings. The minimum Gasteiger partial charge on any atom is -0.466 e. The molecule has 5 rings (SSSR count). The van der Waals surface area contributed by atoms with E-state index in [-0.39, 0.29) is 11.9 Å². The highest BCUT2D eigenvalue weighted by Gasteiger charge is 2.23. The third kappa shape index (κ3) is 3.14. The normalized spacial score (nSPS) is 12.5. The number of aromatic nitrogens is 5. The summed E-state index contributed by atoms with van der Waals surface area (Å²) in [5.41, 5.74) is 3.44. The predicted octanol–water partition coefficient (Wildman–Crippen LogP) is 3.94. The summed E-state index contributed by atoms with van der Waals surface area (Å²) in [5, 5.41) is 16.0. The monoisotopic (exact) mass is 416 g/mol. The van der Waals surface area contributed by atoms with Crippen molar-refractivity contribution < 1.29 is 13.7 Å². The molecule has 1 N–H and O–H groups in total. The molecule has 0 aliphatic carbocycles. The Hall–Kier alpha value is -4.01. The van der Waals surface area contributed by atoms with E-state index in [0.717, 1.165) is 17.1 Å². The van der Waals surface area contributed by atoms with Crippen LogP contribution in [0.5, 0.6) is 0 Å². The highest BCUT2D eigenvalue weighted by atomic mass is 16.5. The first-order valence-electron chi connectivity index (χ1n) is 9.87. The number of nitrogens with zero attached hydrogens (tertiary/aromatic N) is 5. The van der Waals surface area contributed by atoms with Gasteiger partial charge >= 0.3 is 0 Å². The van der Waals surface area contributed by atoms with Crippen molar-refractivity contribution in [2.24, 2.45) is 0 Å². The number of carbonyl (C=O) groups excluding carboxylic acids is 1. The van der Waals surface area contributed by atoms with Gasteiger partial charge in [0.05, 0.1) is 28.4 Å². The third-order valence-electron chi connectivity index (χ3n) is 5.25.